The minimum absolute atomic E-state index is 0.0122. The van der Waals surface area contributed by atoms with Crippen molar-refractivity contribution in [1.82, 2.24) is 10.2 Å². The van der Waals surface area contributed by atoms with Crippen LogP contribution >= 0.6 is 11.6 Å². The second-order valence-corrected chi connectivity index (χ2v) is 10.2. The van der Waals surface area contributed by atoms with Crippen LogP contribution in [0, 0.1) is 11.3 Å². The lowest BCUT2D eigenvalue weighted by atomic mass is 9.66. The number of nitrogens with one attached hydrogen (secondary N) is 1. The Balaban J connectivity index is 1.72. The number of halogens is 1. The molecule has 1 aliphatic carbocycles. The molecule has 2 fully saturated rings. The maximum atomic E-state index is 13.4. The third kappa shape index (κ3) is 5.24. The molecule has 0 radical (unpaired) electrons. The smallest absolute Gasteiger partial charge is 0.245 e. The van der Waals surface area contributed by atoms with Crippen LogP contribution in [0.15, 0.2) is 24.3 Å². The molecule has 0 spiro atoms. The Bertz CT molecular complexity index is 777. The van der Waals surface area contributed by atoms with E-state index >= 15 is 0 Å². The summed E-state index contributed by atoms with van der Waals surface area (Å²) in [4.78, 5) is 27.9. The molecular weight excluding hydrogens is 414 g/mol. The molecule has 6 nitrogen and oxygen atoms in total. The zero-order valence-corrected chi connectivity index (χ0v) is 19.5. The van der Waals surface area contributed by atoms with Crippen molar-refractivity contribution in [2.24, 2.45) is 17.1 Å². The fraction of sp³-hybridized carbons (Fsp3) is 0.667. The van der Waals surface area contributed by atoms with Crippen LogP contribution in [0.4, 0.5) is 0 Å². The van der Waals surface area contributed by atoms with Gasteiger partial charge in [-0.1, -0.05) is 50.4 Å². The van der Waals surface area contributed by atoms with E-state index in [1.807, 2.05) is 26.0 Å². The molecule has 1 heterocycles. The fourth-order valence-corrected chi connectivity index (χ4v) is 5.17. The topological polar surface area (TPSA) is 95.7 Å². The molecular formula is C24H36ClN3O3. The zero-order chi connectivity index (χ0) is 22.6. The Morgan fingerprint density at radius 2 is 1.90 bits per heavy atom. The van der Waals surface area contributed by atoms with Gasteiger partial charge in [0.05, 0.1) is 5.60 Å². The van der Waals surface area contributed by atoms with Gasteiger partial charge in [0.15, 0.2) is 0 Å². The Kier molecular flexibility index (Phi) is 7.66. The van der Waals surface area contributed by atoms with E-state index in [0.29, 0.717) is 43.9 Å². The molecule has 2 atom stereocenters. The predicted molar refractivity (Wildman–Crippen MR) is 123 cm³/mol. The van der Waals surface area contributed by atoms with Gasteiger partial charge >= 0.3 is 0 Å². The normalized spacial score (nSPS) is 24.7. The van der Waals surface area contributed by atoms with E-state index in [2.05, 4.69) is 5.32 Å². The second kappa shape index (κ2) is 9.88. The minimum Gasteiger partial charge on any atom is -0.384 e. The Hall–Kier alpha value is -1.63. The second-order valence-electron chi connectivity index (χ2n) is 9.73. The van der Waals surface area contributed by atoms with Gasteiger partial charge in [0, 0.05) is 29.4 Å². The van der Waals surface area contributed by atoms with Gasteiger partial charge in [-0.05, 0) is 56.3 Å². The first-order valence-electron chi connectivity index (χ1n) is 11.5. The summed E-state index contributed by atoms with van der Waals surface area (Å²) in [5.74, 6) is -0.0752. The molecule has 2 unspecified atom stereocenters. The summed E-state index contributed by atoms with van der Waals surface area (Å²) in [6.45, 7) is 5.27. The zero-order valence-electron chi connectivity index (χ0n) is 18.7. The van der Waals surface area contributed by atoms with E-state index < -0.39 is 17.1 Å². The van der Waals surface area contributed by atoms with Crippen molar-refractivity contribution in [3.63, 3.8) is 0 Å². The summed E-state index contributed by atoms with van der Waals surface area (Å²) in [5.41, 5.74) is 4.86. The lowest BCUT2D eigenvalue weighted by Gasteiger charge is -2.51. The van der Waals surface area contributed by atoms with Crippen molar-refractivity contribution < 1.29 is 14.7 Å². The van der Waals surface area contributed by atoms with Crippen molar-refractivity contribution in [1.29, 1.82) is 0 Å². The third-order valence-electron chi connectivity index (χ3n) is 7.12. The summed E-state index contributed by atoms with van der Waals surface area (Å²) in [5, 5.41) is 15.2. The highest BCUT2D eigenvalue weighted by molar-refractivity contribution is 6.30. The first-order valence-corrected chi connectivity index (χ1v) is 11.8. The number of hydrogen-bond acceptors (Lipinski definition) is 4. The van der Waals surface area contributed by atoms with Crippen LogP contribution in [0.1, 0.15) is 64.4 Å². The molecule has 0 bridgehead atoms. The summed E-state index contributed by atoms with van der Waals surface area (Å²) in [7, 11) is 0. The van der Waals surface area contributed by atoms with Gasteiger partial charge in [-0.2, -0.15) is 0 Å². The van der Waals surface area contributed by atoms with Crippen LogP contribution in [-0.4, -0.2) is 47.5 Å². The lowest BCUT2D eigenvalue weighted by molar-refractivity contribution is -0.156. The van der Waals surface area contributed by atoms with Gasteiger partial charge < -0.3 is 21.1 Å². The lowest BCUT2D eigenvalue weighted by Crippen LogP contribution is -2.60. The number of piperidine rings is 1. The van der Waals surface area contributed by atoms with Crippen LogP contribution in [0.25, 0.3) is 0 Å². The van der Waals surface area contributed by atoms with E-state index in [4.69, 9.17) is 17.3 Å². The molecule has 1 aromatic carbocycles. The first kappa shape index (κ1) is 24.0. The minimum atomic E-state index is -1.06. The van der Waals surface area contributed by atoms with Gasteiger partial charge in [-0.25, -0.2) is 0 Å². The molecule has 31 heavy (non-hydrogen) atoms. The van der Waals surface area contributed by atoms with Gasteiger partial charge in [0.1, 0.15) is 6.04 Å². The van der Waals surface area contributed by atoms with E-state index in [-0.39, 0.29) is 17.7 Å². The van der Waals surface area contributed by atoms with Crippen molar-refractivity contribution in [3.8, 4) is 0 Å². The van der Waals surface area contributed by atoms with E-state index in [0.717, 1.165) is 31.2 Å². The SMILES string of the molecule is CC1(C)CN(C(=O)C(CCCN)NC(=O)C2CCCC2)CCC1(O)c1ccc(Cl)cc1. The van der Waals surface area contributed by atoms with Gasteiger partial charge in [0.2, 0.25) is 11.8 Å². The van der Waals surface area contributed by atoms with E-state index in [9.17, 15) is 14.7 Å². The molecule has 4 N–H and O–H groups in total. The highest BCUT2D eigenvalue weighted by Gasteiger charge is 2.50. The quantitative estimate of drug-likeness (QED) is 0.595. The fourth-order valence-electron chi connectivity index (χ4n) is 5.05. The Morgan fingerprint density at radius 1 is 1.26 bits per heavy atom. The van der Waals surface area contributed by atoms with Crippen molar-refractivity contribution in [2.75, 3.05) is 19.6 Å². The molecule has 2 aliphatic rings. The largest absolute Gasteiger partial charge is 0.384 e. The van der Waals surface area contributed by atoms with E-state index in [1.165, 1.54) is 0 Å². The monoisotopic (exact) mass is 449 g/mol. The predicted octanol–water partition coefficient (Wildman–Crippen LogP) is 3.20. The van der Waals surface area contributed by atoms with Gasteiger partial charge in [0.25, 0.3) is 0 Å². The molecule has 0 aromatic heterocycles. The third-order valence-corrected chi connectivity index (χ3v) is 7.37. The Labute approximate surface area is 190 Å². The van der Waals surface area contributed by atoms with Crippen LogP contribution < -0.4 is 11.1 Å². The number of benzene rings is 1. The van der Waals surface area contributed by atoms with Crippen molar-refractivity contribution >= 4 is 23.4 Å². The number of likely N-dealkylation sites (tertiary alicyclic amines) is 1. The number of hydrogen-bond donors (Lipinski definition) is 3. The number of nitrogens with two attached hydrogens (primary N) is 1. The van der Waals surface area contributed by atoms with Crippen molar-refractivity contribution in [3.05, 3.63) is 34.9 Å². The van der Waals surface area contributed by atoms with Crippen LogP contribution in [-0.2, 0) is 15.2 Å². The summed E-state index contributed by atoms with van der Waals surface area (Å²) in [6.07, 6.45) is 5.57. The highest BCUT2D eigenvalue weighted by atomic mass is 35.5. The van der Waals surface area contributed by atoms with Gasteiger partial charge in [-0.15, -0.1) is 0 Å². The molecule has 3 rings (SSSR count). The van der Waals surface area contributed by atoms with Crippen LogP contribution in [0.3, 0.4) is 0 Å². The molecule has 1 aromatic rings. The highest BCUT2D eigenvalue weighted by Crippen LogP contribution is 2.46. The molecule has 172 valence electrons. The maximum Gasteiger partial charge on any atom is 0.245 e. The average Bonchev–Trinajstić information content (AvgIpc) is 3.28. The van der Waals surface area contributed by atoms with Gasteiger partial charge in [-0.3, -0.25) is 9.59 Å². The molecule has 1 saturated heterocycles. The molecule has 1 aliphatic heterocycles. The molecule has 7 heteroatoms. The summed E-state index contributed by atoms with van der Waals surface area (Å²) >= 11 is 6.02. The number of rotatable bonds is 7. The van der Waals surface area contributed by atoms with Crippen LogP contribution in [0.2, 0.25) is 5.02 Å². The maximum absolute atomic E-state index is 13.4. The first-order chi connectivity index (χ1) is 14.7. The number of nitrogens with zero attached hydrogens (tertiary/aromatic N) is 1. The molecule has 1 saturated carbocycles. The molecule has 2 amide bonds. The number of aliphatic hydroxyl groups is 1. The summed E-state index contributed by atoms with van der Waals surface area (Å²) in [6, 6.07) is 6.71. The van der Waals surface area contributed by atoms with Crippen molar-refractivity contribution in [2.45, 2.75) is 70.4 Å². The number of amides is 2. The number of carbonyl (C=O) groups excluding carboxylic acids is 2. The van der Waals surface area contributed by atoms with E-state index in [1.54, 1.807) is 17.0 Å². The average molecular weight is 450 g/mol. The Morgan fingerprint density at radius 3 is 2.48 bits per heavy atom. The number of carbonyl (C=O) groups is 2. The van der Waals surface area contributed by atoms with Crippen LogP contribution in [0.5, 0.6) is 0 Å². The standard InChI is InChI=1S/C24H36ClN3O3/c1-23(2)16-28(15-13-24(23,31)18-9-11-19(25)12-10-18)22(30)20(8-5-14-26)27-21(29)17-6-3-4-7-17/h9-12,17,20,31H,3-8,13-16,26H2,1-2H3,(H,27,29). The summed E-state index contributed by atoms with van der Waals surface area (Å²) < 4.78 is 0.